The Morgan fingerprint density at radius 3 is 2.46 bits per heavy atom. The van der Waals surface area contributed by atoms with Crippen LogP contribution in [0.1, 0.15) is 37.7 Å². The van der Waals surface area contributed by atoms with Crippen molar-refractivity contribution in [1.82, 2.24) is 15.1 Å². The highest BCUT2D eigenvalue weighted by Crippen LogP contribution is 2.16. The van der Waals surface area contributed by atoms with Crippen LogP contribution in [0.2, 0.25) is 0 Å². The minimum atomic E-state index is 0.0496. The van der Waals surface area contributed by atoms with Crippen LogP contribution in [0.5, 0.6) is 0 Å². The van der Waals surface area contributed by atoms with Crippen molar-refractivity contribution < 1.29 is 4.79 Å². The third-order valence-corrected chi connectivity index (χ3v) is 4.83. The average molecular weight is 357 g/mol. The van der Waals surface area contributed by atoms with Gasteiger partial charge in [0.15, 0.2) is 0 Å². The molecule has 0 aliphatic carbocycles. The number of aryl methyl sites for hydroxylation is 1. The summed E-state index contributed by atoms with van der Waals surface area (Å²) in [6, 6.07) is 10.4. The Kier molecular flexibility index (Phi) is 6.83. The van der Waals surface area contributed by atoms with Gasteiger partial charge in [0.2, 0.25) is 5.91 Å². The van der Waals surface area contributed by atoms with E-state index in [0.717, 1.165) is 29.2 Å². The van der Waals surface area contributed by atoms with Crippen LogP contribution < -0.4 is 10.2 Å². The van der Waals surface area contributed by atoms with Crippen LogP contribution >= 0.6 is 0 Å². The molecule has 1 amide bonds. The zero-order valence-electron chi connectivity index (χ0n) is 16.9. The zero-order chi connectivity index (χ0) is 19.3. The van der Waals surface area contributed by atoms with E-state index in [1.807, 2.05) is 29.8 Å². The molecule has 0 spiro atoms. The summed E-state index contributed by atoms with van der Waals surface area (Å²) in [4.78, 5) is 14.6. The minimum absolute atomic E-state index is 0.0496. The number of anilines is 1. The van der Waals surface area contributed by atoms with Crippen molar-refractivity contribution in [3.8, 4) is 0 Å². The summed E-state index contributed by atoms with van der Waals surface area (Å²) in [7, 11) is 2.05. The van der Waals surface area contributed by atoms with E-state index in [1.54, 1.807) is 0 Å². The fraction of sp³-hybridized carbons (Fsp3) is 0.524. The molecule has 0 aliphatic rings. The van der Waals surface area contributed by atoms with E-state index in [2.05, 4.69) is 62.2 Å². The van der Waals surface area contributed by atoms with Crippen LogP contribution in [0.3, 0.4) is 0 Å². The molecule has 1 aromatic carbocycles. The van der Waals surface area contributed by atoms with Crippen molar-refractivity contribution in [1.29, 1.82) is 0 Å². The molecular weight excluding hydrogens is 324 g/mol. The van der Waals surface area contributed by atoms with E-state index < -0.39 is 0 Å². The summed E-state index contributed by atoms with van der Waals surface area (Å²) in [6.45, 7) is 12.0. The van der Waals surface area contributed by atoms with Crippen molar-refractivity contribution >= 4 is 11.6 Å². The minimum Gasteiger partial charge on any atom is -0.370 e. The number of benzene rings is 1. The average Bonchev–Trinajstić information content (AvgIpc) is 2.86. The number of carbonyl (C=O) groups excluding carboxylic acids is 1. The first-order valence-corrected chi connectivity index (χ1v) is 9.37. The Balaban J connectivity index is 1.92. The summed E-state index contributed by atoms with van der Waals surface area (Å²) in [6.07, 6.45) is 0.386. The molecule has 0 unspecified atom stereocenters. The van der Waals surface area contributed by atoms with Crippen LogP contribution in [-0.4, -0.2) is 35.3 Å². The van der Waals surface area contributed by atoms with E-state index in [4.69, 9.17) is 0 Å². The highest BCUT2D eigenvalue weighted by Gasteiger charge is 2.17. The van der Waals surface area contributed by atoms with E-state index in [1.165, 1.54) is 0 Å². The maximum atomic E-state index is 12.4. The highest BCUT2D eigenvalue weighted by atomic mass is 16.1. The van der Waals surface area contributed by atoms with Crippen LogP contribution in [0.15, 0.2) is 30.3 Å². The number of amides is 1. The largest absolute Gasteiger partial charge is 0.370 e. The van der Waals surface area contributed by atoms with Crippen LogP contribution in [-0.2, 0) is 17.8 Å². The molecule has 2 aromatic rings. The van der Waals surface area contributed by atoms with Gasteiger partial charge in [-0.25, -0.2) is 0 Å². The van der Waals surface area contributed by atoms with Crippen LogP contribution in [0.4, 0.5) is 5.69 Å². The van der Waals surface area contributed by atoms with Gasteiger partial charge in [-0.2, -0.15) is 5.10 Å². The van der Waals surface area contributed by atoms with Gasteiger partial charge < -0.3 is 10.2 Å². The Labute approximate surface area is 157 Å². The summed E-state index contributed by atoms with van der Waals surface area (Å²) in [5.74, 6) is 0.581. The summed E-state index contributed by atoms with van der Waals surface area (Å²) in [5.41, 5.74) is 4.25. The molecule has 26 heavy (non-hydrogen) atoms. The third-order valence-electron chi connectivity index (χ3n) is 4.83. The lowest BCUT2D eigenvalue weighted by atomic mass is 10.1. The van der Waals surface area contributed by atoms with Crippen molar-refractivity contribution in [2.24, 2.45) is 5.92 Å². The van der Waals surface area contributed by atoms with Gasteiger partial charge in [0, 0.05) is 43.1 Å². The number of para-hydroxylation sites is 1. The van der Waals surface area contributed by atoms with Crippen molar-refractivity contribution in [3.05, 3.63) is 47.3 Å². The lowest BCUT2D eigenvalue weighted by Crippen LogP contribution is -2.40. The Bertz CT molecular complexity index is 721. The quantitative estimate of drug-likeness (QED) is 0.789. The Morgan fingerprint density at radius 2 is 1.85 bits per heavy atom. The van der Waals surface area contributed by atoms with Gasteiger partial charge in [0.25, 0.3) is 0 Å². The molecule has 1 N–H and O–H groups in total. The topological polar surface area (TPSA) is 50.2 Å². The lowest BCUT2D eigenvalue weighted by Gasteiger charge is -2.27. The molecule has 1 atom stereocenters. The van der Waals surface area contributed by atoms with Gasteiger partial charge in [-0.05, 0) is 38.8 Å². The second kappa shape index (κ2) is 8.88. The molecule has 0 fully saturated rings. The summed E-state index contributed by atoms with van der Waals surface area (Å²) in [5, 5.41) is 7.66. The highest BCUT2D eigenvalue weighted by molar-refractivity contribution is 5.79. The maximum Gasteiger partial charge on any atom is 0.224 e. The number of nitrogens with zero attached hydrogens (tertiary/aromatic N) is 3. The maximum absolute atomic E-state index is 12.4. The lowest BCUT2D eigenvalue weighted by molar-refractivity contribution is -0.120. The van der Waals surface area contributed by atoms with E-state index in [0.29, 0.717) is 18.9 Å². The smallest absolute Gasteiger partial charge is 0.224 e. The first kappa shape index (κ1) is 20.0. The molecule has 0 saturated carbocycles. The van der Waals surface area contributed by atoms with Gasteiger partial charge in [0.1, 0.15) is 0 Å². The van der Waals surface area contributed by atoms with Gasteiger partial charge in [-0.3, -0.25) is 9.48 Å². The normalized spacial score (nSPS) is 12.3. The van der Waals surface area contributed by atoms with Gasteiger partial charge in [-0.1, -0.05) is 32.0 Å². The van der Waals surface area contributed by atoms with Crippen molar-refractivity contribution in [3.63, 3.8) is 0 Å². The SMILES string of the molecule is Cc1nn(CC(C)C)c(C)c1CC(=O)NC[C@@H](C)N(C)c1ccccc1. The number of carbonyl (C=O) groups is 1. The van der Waals surface area contributed by atoms with Crippen molar-refractivity contribution in [2.75, 3.05) is 18.5 Å². The Morgan fingerprint density at radius 1 is 1.19 bits per heavy atom. The number of nitrogens with one attached hydrogen (secondary N) is 1. The number of hydrogen-bond donors (Lipinski definition) is 1. The zero-order valence-corrected chi connectivity index (χ0v) is 16.9. The molecule has 2 rings (SSSR count). The van der Waals surface area contributed by atoms with E-state index >= 15 is 0 Å². The fourth-order valence-electron chi connectivity index (χ4n) is 3.05. The molecule has 5 heteroatoms. The molecular formula is C21H32N4O. The molecule has 0 bridgehead atoms. The molecule has 1 heterocycles. The number of rotatable bonds is 8. The molecule has 0 saturated heterocycles. The summed E-state index contributed by atoms with van der Waals surface area (Å²) >= 11 is 0. The third kappa shape index (κ3) is 5.10. The molecule has 1 aromatic heterocycles. The molecule has 0 radical (unpaired) electrons. The number of aromatic nitrogens is 2. The first-order valence-electron chi connectivity index (χ1n) is 9.37. The Hall–Kier alpha value is -2.30. The monoisotopic (exact) mass is 356 g/mol. The van der Waals surface area contributed by atoms with Crippen LogP contribution in [0.25, 0.3) is 0 Å². The van der Waals surface area contributed by atoms with Gasteiger partial charge >= 0.3 is 0 Å². The standard InChI is InChI=1S/C21H32N4O/c1-15(2)14-25-18(5)20(17(4)23-25)12-21(26)22-13-16(3)24(6)19-10-8-7-9-11-19/h7-11,15-16H,12-14H2,1-6H3,(H,22,26)/t16-/m1/s1. The summed E-state index contributed by atoms with van der Waals surface area (Å²) < 4.78 is 2.02. The van der Waals surface area contributed by atoms with Crippen molar-refractivity contribution in [2.45, 2.75) is 53.6 Å². The predicted molar refractivity (Wildman–Crippen MR) is 108 cm³/mol. The number of likely N-dealkylation sites (N-methyl/N-ethyl adjacent to an activating group) is 1. The molecule has 5 nitrogen and oxygen atoms in total. The number of hydrogen-bond acceptors (Lipinski definition) is 3. The predicted octanol–water partition coefficient (Wildman–Crippen LogP) is 3.34. The first-order chi connectivity index (χ1) is 12.3. The second-order valence-electron chi connectivity index (χ2n) is 7.50. The molecule has 0 aliphatic heterocycles. The van der Waals surface area contributed by atoms with Gasteiger partial charge in [-0.15, -0.1) is 0 Å². The van der Waals surface area contributed by atoms with Gasteiger partial charge in [0.05, 0.1) is 12.1 Å². The van der Waals surface area contributed by atoms with E-state index in [9.17, 15) is 4.79 Å². The van der Waals surface area contributed by atoms with E-state index in [-0.39, 0.29) is 11.9 Å². The van der Waals surface area contributed by atoms with Crippen LogP contribution in [0, 0.1) is 19.8 Å². The molecule has 142 valence electrons. The fourth-order valence-corrected chi connectivity index (χ4v) is 3.05. The second-order valence-corrected chi connectivity index (χ2v) is 7.50.